The lowest BCUT2D eigenvalue weighted by Gasteiger charge is -2.13. The van der Waals surface area contributed by atoms with Crippen LogP contribution in [0, 0.1) is 20.8 Å². The van der Waals surface area contributed by atoms with Crippen LogP contribution in [0.1, 0.15) is 16.7 Å². The van der Waals surface area contributed by atoms with Crippen LogP contribution in [-0.4, -0.2) is 0 Å². The van der Waals surface area contributed by atoms with Gasteiger partial charge in [-0.1, -0.05) is 84.4 Å². The third kappa shape index (κ3) is 3.57. The van der Waals surface area contributed by atoms with Crippen molar-refractivity contribution >= 4 is 0 Å². The first-order valence-electron chi connectivity index (χ1n) is 9.46. The number of rotatable bonds is 3. The molecule has 132 valence electrons. The van der Waals surface area contributed by atoms with Gasteiger partial charge in [0.05, 0.1) is 0 Å². The highest BCUT2D eigenvalue weighted by Gasteiger charge is 2.08. The molecule has 0 fully saturated rings. The van der Waals surface area contributed by atoms with Crippen LogP contribution in [0.2, 0.25) is 0 Å². The fourth-order valence-electron chi connectivity index (χ4n) is 3.59. The molecular formula is C27H24. The van der Waals surface area contributed by atoms with Crippen molar-refractivity contribution in [1.82, 2.24) is 0 Å². The lowest BCUT2D eigenvalue weighted by atomic mass is 9.92. The van der Waals surface area contributed by atoms with E-state index in [0.29, 0.717) is 0 Å². The van der Waals surface area contributed by atoms with Gasteiger partial charge in [0.15, 0.2) is 0 Å². The van der Waals surface area contributed by atoms with Crippen LogP contribution in [0.15, 0.2) is 91.0 Å². The molecule has 0 N–H and O–H groups in total. The average molecular weight is 348 g/mol. The molecular weight excluding hydrogens is 324 g/mol. The number of hydrogen-bond acceptors (Lipinski definition) is 0. The first-order chi connectivity index (χ1) is 13.1. The minimum absolute atomic E-state index is 1.25. The molecule has 0 nitrogen and oxygen atoms in total. The summed E-state index contributed by atoms with van der Waals surface area (Å²) in [4.78, 5) is 0. The second-order valence-corrected chi connectivity index (χ2v) is 7.29. The van der Waals surface area contributed by atoms with Crippen LogP contribution in [0.4, 0.5) is 0 Å². The van der Waals surface area contributed by atoms with E-state index < -0.39 is 0 Å². The Kier molecular flexibility index (Phi) is 4.64. The Morgan fingerprint density at radius 1 is 0.407 bits per heavy atom. The zero-order valence-corrected chi connectivity index (χ0v) is 16.2. The molecule has 27 heavy (non-hydrogen) atoms. The molecule has 0 saturated carbocycles. The first kappa shape index (κ1) is 17.3. The summed E-state index contributed by atoms with van der Waals surface area (Å²) >= 11 is 0. The van der Waals surface area contributed by atoms with Gasteiger partial charge in [0.1, 0.15) is 0 Å². The number of aryl methyl sites for hydroxylation is 3. The van der Waals surface area contributed by atoms with Gasteiger partial charge in [-0.25, -0.2) is 0 Å². The van der Waals surface area contributed by atoms with Crippen LogP contribution in [0.3, 0.4) is 0 Å². The van der Waals surface area contributed by atoms with Crippen LogP contribution in [0.25, 0.3) is 33.4 Å². The van der Waals surface area contributed by atoms with E-state index in [1.807, 2.05) is 0 Å². The third-order valence-electron chi connectivity index (χ3n) is 5.25. The maximum absolute atomic E-state index is 2.33. The number of benzene rings is 4. The summed E-state index contributed by atoms with van der Waals surface area (Å²) in [5.74, 6) is 0. The van der Waals surface area contributed by atoms with Gasteiger partial charge in [-0.15, -0.1) is 0 Å². The fourth-order valence-corrected chi connectivity index (χ4v) is 3.59. The van der Waals surface area contributed by atoms with E-state index in [2.05, 4.69) is 112 Å². The molecule has 4 aromatic rings. The maximum atomic E-state index is 2.33. The highest BCUT2D eigenvalue weighted by atomic mass is 14.1. The zero-order chi connectivity index (χ0) is 18.8. The summed E-state index contributed by atoms with van der Waals surface area (Å²) < 4.78 is 0. The Hall–Kier alpha value is -3.12. The average Bonchev–Trinajstić information content (AvgIpc) is 2.70. The van der Waals surface area contributed by atoms with Gasteiger partial charge >= 0.3 is 0 Å². The van der Waals surface area contributed by atoms with E-state index in [4.69, 9.17) is 0 Å². The van der Waals surface area contributed by atoms with E-state index in [-0.39, 0.29) is 0 Å². The molecule has 0 aliphatic rings. The summed E-state index contributed by atoms with van der Waals surface area (Å²) in [6.45, 7) is 6.49. The first-order valence-corrected chi connectivity index (χ1v) is 9.46. The van der Waals surface area contributed by atoms with Crippen LogP contribution >= 0.6 is 0 Å². The van der Waals surface area contributed by atoms with Gasteiger partial charge in [0.2, 0.25) is 0 Å². The Morgan fingerprint density at radius 2 is 1.00 bits per heavy atom. The largest absolute Gasteiger partial charge is 0.0620 e. The van der Waals surface area contributed by atoms with Gasteiger partial charge in [0, 0.05) is 0 Å². The second kappa shape index (κ2) is 7.25. The molecule has 0 amide bonds. The van der Waals surface area contributed by atoms with Crippen molar-refractivity contribution in [2.45, 2.75) is 20.8 Å². The monoisotopic (exact) mass is 348 g/mol. The Balaban J connectivity index is 1.78. The topological polar surface area (TPSA) is 0 Å². The molecule has 0 bridgehead atoms. The van der Waals surface area contributed by atoms with Crippen LogP contribution < -0.4 is 0 Å². The maximum Gasteiger partial charge on any atom is -0.0146 e. The molecule has 0 saturated heterocycles. The smallest absolute Gasteiger partial charge is 0.0146 e. The Bertz CT molecular complexity index is 1090. The molecule has 0 radical (unpaired) electrons. The molecule has 0 aliphatic carbocycles. The van der Waals surface area contributed by atoms with Gasteiger partial charge in [-0.2, -0.15) is 0 Å². The standard InChI is InChI=1S/C27H24/c1-19-11-14-22(15-12-19)23-8-6-9-24(17-23)25-16-13-21(3)27(18-25)26-10-5-4-7-20(26)2/h4-18H,1-3H3. The minimum atomic E-state index is 1.25. The molecule has 0 aromatic heterocycles. The van der Waals surface area contributed by atoms with Crippen molar-refractivity contribution in [3.8, 4) is 33.4 Å². The molecule has 4 aromatic carbocycles. The summed E-state index contributed by atoms with van der Waals surface area (Å²) in [5.41, 5.74) is 11.6. The predicted molar refractivity (Wildman–Crippen MR) is 117 cm³/mol. The van der Waals surface area contributed by atoms with Crippen molar-refractivity contribution < 1.29 is 0 Å². The van der Waals surface area contributed by atoms with E-state index >= 15 is 0 Å². The van der Waals surface area contributed by atoms with E-state index in [1.165, 1.54) is 50.1 Å². The van der Waals surface area contributed by atoms with Gasteiger partial charge in [-0.05, 0) is 77.4 Å². The Morgan fingerprint density at radius 3 is 1.74 bits per heavy atom. The second-order valence-electron chi connectivity index (χ2n) is 7.29. The van der Waals surface area contributed by atoms with Crippen LogP contribution in [-0.2, 0) is 0 Å². The van der Waals surface area contributed by atoms with Gasteiger partial charge < -0.3 is 0 Å². The van der Waals surface area contributed by atoms with Crippen molar-refractivity contribution in [3.05, 3.63) is 108 Å². The highest BCUT2D eigenvalue weighted by Crippen LogP contribution is 2.32. The van der Waals surface area contributed by atoms with Gasteiger partial charge in [-0.3, -0.25) is 0 Å². The van der Waals surface area contributed by atoms with Gasteiger partial charge in [0.25, 0.3) is 0 Å². The van der Waals surface area contributed by atoms with Crippen molar-refractivity contribution in [2.24, 2.45) is 0 Å². The molecule has 0 spiro atoms. The van der Waals surface area contributed by atoms with Crippen molar-refractivity contribution in [3.63, 3.8) is 0 Å². The summed E-state index contributed by atoms with van der Waals surface area (Å²) in [6.07, 6.45) is 0. The zero-order valence-electron chi connectivity index (χ0n) is 16.2. The summed E-state index contributed by atoms with van der Waals surface area (Å²) in [7, 11) is 0. The summed E-state index contributed by atoms with van der Waals surface area (Å²) in [5, 5.41) is 0. The quantitative estimate of drug-likeness (QED) is 0.357. The lowest BCUT2D eigenvalue weighted by molar-refractivity contribution is 1.41. The lowest BCUT2D eigenvalue weighted by Crippen LogP contribution is -1.89. The molecule has 0 atom stereocenters. The van der Waals surface area contributed by atoms with Crippen molar-refractivity contribution in [1.29, 1.82) is 0 Å². The van der Waals surface area contributed by atoms with E-state index in [1.54, 1.807) is 0 Å². The number of hydrogen-bond donors (Lipinski definition) is 0. The molecule has 0 heterocycles. The SMILES string of the molecule is Cc1ccc(-c2cccc(-c3ccc(C)c(-c4ccccc4C)c3)c2)cc1. The third-order valence-corrected chi connectivity index (χ3v) is 5.25. The molecule has 4 rings (SSSR count). The molecule has 0 unspecified atom stereocenters. The predicted octanol–water partition coefficient (Wildman–Crippen LogP) is 7.61. The Labute approximate surface area is 162 Å². The van der Waals surface area contributed by atoms with Crippen molar-refractivity contribution in [2.75, 3.05) is 0 Å². The van der Waals surface area contributed by atoms with Crippen LogP contribution in [0.5, 0.6) is 0 Å². The summed E-state index contributed by atoms with van der Waals surface area (Å²) in [6, 6.07) is 33.0. The molecule has 0 aliphatic heterocycles. The van der Waals surface area contributed by atoms with E-state index in [9.17, 15) is 0 Å². The highest BCUT2D eigenvalue weighted by molar-refractivity contribution is 5.79. The molecule has 0 heteroatoms. The minimum Gasteiger partial charge on any atom is -0.0620 e. The van der Waals surface area contributed by atoms with E-state index in [0.717, 1.165) is 0 Å². The fraction of sp³-hybridized carbons (Fsp3) is 0.111. The normalized spacial score (nSPS) is 10.8.